The van der Waals surface area contributed by atoms with Gasteiger partial charge in [0.05, 0.1) is 5.69 Å². The number of nitrogens with zero attached hydrogens (tertiary/aromatic N) is 4. The normalized spacial score (nSPS) is 23.4. The molecular formula is C19H26N4O3. The van der Waals surface area contributed by atoms with Crippen LogP contribution in [0.4, 0.5) is 0 Å². The van der Waals surface area contributed by atoms with Gasteiger partial charge in [-0.15, -0.1) is 0 Å². The summed E-state index contributed by atoms with van der Waals surface area (Å²) in [6.07, 6.45) is 4.28. The van der Waals surface area contributed by atoms with Gasteiger partial charge in [0.1, 0.15) is 11.5 Å². The maximum atomic E-state index is 13.1. The summed E-state index contributed by atoms with van der Waals surface area (Å²) < 4.78 is 10.7. The van der Waals surface area contributed by atoms with Crippen LogP contribution in [0.2, 0.25) is 0 Å². The Kier molecular flexibility index (Phi) is 4.56. The molecule has 0 N–H and O–H groups in total. The van der Waals surface area contributed by atoms with Gasteiger partial charge in [0, 0.05) is 44.2 Å². The van der Waals surface area contributed by atoms with Crippen molar-refractivity contribution >= 4 is 5.91 Å². The van der Waals surface area contributed by atoms with Crippen LogP contribution in [0.25, 0.3) is 0 Å². The van der Waals surface area contributed by atoms with Crippen LogP contribution in [-0.4, -0.2) is 51.5 Å². The van der Waals surface area contributed by atoms with Gasteiger partial charge in [-0.05, 0) is 32.6 Å². The summed E-state index contributed by atoms with van der Waals surface area (Å²) in [6, 6.07) is 0.225. The number of rotatable bonds is 4. The first-order chi connectivity index (χ1) is 12.6. The van der Waals surface area contributed by atoms with Gasteiger partial charge in [-0.3, -0.25) is 9.69 Å². The topological polar surface area (TPSA) is 75.6 Å². The lowest BCUT2D eigenvalue weighted by molar-refractivity contribution is 0.0577. The molecule has 7 nitrogen and oxygen atoms in total. The average Bonchev–Trinajstić information content (AvgIpc) is 3.12. The summed E-state index contributed by atoms with van der Waals surface area (Å²) in [7, 11) is 0. The third kappa shape index (κ3) is 3.05. The third-order valence-corrected chi connectivity index (χ3v) is 5.78. The van der Waals surface area contributed by atoms with E-state index >= 15 is 0 Å². The van der Waals surface area contributed by atoms with Gasteiger partial charge in [0.2, 0.25) is 0 Å². The second-order valence-electron chi connectivity index (χ2n) is 7.53. The SMILES string of the molecule is CCc1ocnc1C(=O)N1C[C@H]2CC[C@@H]1CN(Cc1c(C)noc1C)C2. The van der Waals surface area contributed by atoms with Gasteiger partial charge < -0.3 is 13.8 Å². The van der Waals surface area contributed by atoms with Crippen LogP contribution in [-0.2, 0) is 13.0 Å². The molecule has 3 aliphatic rings. The van der Waals surface area contributed by atoms with Crippen LogP contribution in [0.3, 0.4) is 0 Å². The summed E-state index contributed by atoms with van der Waals surface area (Å²) in [5, 5.41) is 4.07. The maximum Gasteiger partial charge on any atom is 0.276 e. The van der Waals surface area contributed by atoms with E-state index in [9.17, 15) is 4.79 Å². The Labute approximate surface area is 153 Å². The van der Waals surface area contributed by atoms with Crippen LogP contribution < -0.4 is 0 Å². The molecule has 5 heterocycles. The average molecular weight is 358 g/mol. The molecule has 2 atom stereocenters. The number of oxazole rings is 1. The number of aryl methyl sites for hydroxylation is 3. The molecule has 3 saturated heterocycles. The second kappa shape index (κ2) is 6.87. The van der Waals surface area contributed by atoms with E-state index in [0.717, 1.165) is 44.1 Å². The predicted molar refractivity (Wildman–Crippen MR) is 94.7 cm³/mol. The highest BCUT2D eigenvalue weighted by atomic mass is 16.5. The van der Waals surface area contributed by atoms with Crippen molar-refractivity contribution < 1.29 is 13.7 Å². The van der Waals surface area contributed by atoms with E-state index in [2.05, 4.69) is 15.0 Å². The second-order valence-corrected chi connectivity index (χ2v) is 7.53. The van der Waals surface area contributed by atoms with Crippen molar-refractivity contribution in [2.75, 3.05) is 19.6 Å². The first-order valence-electron chi connectivity index (χ1n) is 9.44. The van der Waals surface area contributed by atoms with Crippen LogP contribution in [0.15, 0.2) is 15.3 Å². The van der Waals surface area contributed by atoms with Crippen molar-refractivity contribution in [3.8, 4) is 0 Å². The van der Waals surface area contributed by atoms with E-state index < -0.39 is 0 Å². The highest BCUT2D eigenvalue weighted by molar-refractivity contribution is 5.93. The van der Waals surface area contributed by atoms with E-state index in [4.69, 9.17) is 8.94 Å². The van der Waals surface area contributed by atoms with E-state index in [1.165, 1.54) is 18.4 Å². The van der Waals surface area contributed by atoms with Crippen LogP contribution >= 0.6 is 0 Å². The molecule has 2 bridgehead atoms. The lowest BCUT2D eigenvalue weighted by atomic mass is 9.94. The number of hydrogen-bond acceptors (Lipinski definition) is 6. The largest absolute Gasteiger partial charge is 0.448 e. The highest BCUT2D eigenvalue weighted by Gasteiger charge is 2.39. The standard InChI is InChI=1S/C19H26N4O3/c1-4-17-18(20-11-25-17)19(24)23-8-14-5-6-15(23)9-22(7-14)10-16-12(2)21-26-13(16)3/h11,14-15H,4-10H2,1-3H3/t14-,15+/m0/s1. The Morgan fingerprint density at radius 2 is 2.12 bits per heavy atom. The van der Waals surface area contributed by atoms with E-state index in [1.54, 1.807) is 0 Å². The van der Waals surface area contributed by atoms with E-state index in [-0.39, 0.29) is 11.9 Å². The molecule has 7 heteroatoms. The molecule has 26 heavy (non-hydrogen) atoms. The van der Waals surface area contributed by atoms with E-state index in [0.29, 0.717) is 23.8 Å². The predicted octanol–water partition coefficient (Wildman–Crippen LogP) is 2.58. The number of carbonyl (C=O) groups excluding carboxylic acids is 1. The number of fused-ring (bicyclic) bond motifs is 4. The molecule has 3 aliphatic heterocycles. The number of carbonyl (C=O) groups is 1. The zero-order valence-electron chi connectivity index (χ0n) is 15.7. The van der Waals surface area contributed by atoms with Gasteiger partial charge in [-0.1, -0.05) is 12.1 Å². The van der Waals surface area contributed by atoms with E-state index in [1.807, 2.05) is 25.7 Å². The Balaban J connectivity index is 1.52. The summed E-state index contributed by atoms with van der Waals surface area (Å²) in [5.74, 6) is 2.09. The number of amides is 1. The molecule has 3 fully saturated rings. The molecule has 0 saturated carbocycles. The molecule has 2 aromatic rings. The summed E-state index contributed by atoms with van der Waals surface area (Å²) in [5.41, 5.74) is 2.62. The number of aromatic nitrogens is 2. The van der Waals surface area contributed by atoms with Gasteiger partial charge in [0.25, 0.3) is 5.91 Å². The molecular weight excluding hydrogens is 332 g/mol. The minimum atomic E-state index is 0.0180. The Bertz CT molecular complexity index is 777. The van der Waals surface area contributed by atoms with Crippen molar-refractivity contribution in [3.63, 3.8) is 0 Å². The molecule has 0 aromatic carbocycles. The van der Waals surface area contributed by atoms with Gasteiger partial charge in [-0.2, -0.15) is 0 Å². The quantitative estimate of drug-likeness (QED) is 0.836. The minimum Gasteiger partial charge on any atom is -0.448 e. The molecule has 1 amide bonds. The van der Waals surface area contributed by atoms with Crippen molar-refractivity contribution in [2.24, 2.45) is 5.92 Å². The van der Waals surface area contributed by atoms with Gasteiger partial charge in [-0.25, -0.2) is 4.98 Å². The molecule has 2 aromatic heterocycles. The summed E-state index contributed by atoms with van der Waals surface area (Å²) >= 11 is 0. The van der Waals surface area contributed by atoms with Crippen molar-refractivity contribution in [3.05, 3.63) is 34.9 Å². The van der Waals surface area contributed by atoms with Gasteiger partial charge >= 0.3 is 0 Å². The lowest BCUT2D eigenvalue weighted by Gasteiger charge is -2.35. The van der Waals surface area contributed by atoms with Crippen molar-refractivity contribution in [1.82, 2.24) is 19.9 Å². The highest BCUT2D eigenvalue weighted by Crippen LogP contribution is 2.31. The number of piperidine rings is 1. The van der Waals surface area contributed by atoms with Crippen molar-refractivity contribution in [1.29, 1.82) is 0 Å². The molecule has 140 valence electrons. The molecule has 0 unspecified atom stereocenters. The Morgan fingerprint density at radius 3 is 2.85 bits per heavy atom. The van der Waals surface area contributed by atoms with Crippen molar-refractivity contribution in [2.45, 2.75) is 52.6 Å². The van der Waals surface area contributed by atoms with Crippen LogP contribution in [0.1, 0.15) is 53.0 Å². The Hall–Kier alpha value is -2.15. The summed E-state index contributed by atoms with van der Waals surface area (Å²) in [4.78, 5) is 21.7. The fourth-order valence-corrected chi connectivity index (χ4v) is 4.34. The Morgan fingerprint density at radius 1 is 1.27 bits per heavy atom. The fourth-order valence-electron chi connectivity index (χ4n) is 4.34. The van der Waals surface area contributed by atoms with Crippen LogP contribution in [0, 0.1) is 19.8 Å². The van der Waals surface area contributed by atoms with Gasteiger partial charge in [0.15, 0.2) is 12.1 Å². The zero-order chi connectivity index (χ0) is 18.3. The monoisotopic (exact) mass is 358 g/mol. The molecule has 5 rings (SSSR count). The molecule has 0 spiro atoms. The zero-order valence-corrected chi connectivity index (χ0v) is 15.7. The minimum absolute atomic E-state index is 0.0180. The summed E-state index contributed by atoms with van der Waals surface area (Å²) in [6.45, 7) is 9.46. The fraction of sp³-hybridized carbons (Fsp3) is 0.632. The first-order valence-corrected chi connectivity index (χ1v) is 9.44. The maximum absolute atomic E-state index is 13.1. The third-order valence-electron chi connectivity index (χ3n) is 5.78. The number of hydrogen-bond donors (Lipinski definition) is 0. The molecule has 0 aliphatic carbocycles. The smallest absolute Gasteiger partial charge is 0.276 e. The van der Waals surface area contributed by atoms with Crippen LogP contribution in [0.5, 0.6) is 0 Å². The first kappa shape index (κ1) is 17.3. The lowest BCUT2D eigenvalue weighted by Crippen LogP contribution is -2.47. The molecule has 0 radical (unpaired) electrons.